The van der Waals surface area contributed by atoms with Gasteiger partial charge in [0.1, 0.15) is 5.75 Å². The molecule has 0 bridgehead atoms. The maximum absolute atomic E-state index is 8.34. The lowest BCUT2D eigenvalue weighted by Gasteiger charge is -2.05. The Hall–Kier alpha value is -0.740. The van der Waals surface area contributed by atoms with Gasteiger partial charge >= 0.3 is 0 Å². The first-order valence-electron chi connectivity index (χ1n) is 3.39. The highest BCUT2D eigenvalue weighted by Gasteiger charge is 2.05. The molecule has 0 unspecified atom stereocenters. The Morgan fingerprint density at radius 3 is 2.85 bits per heavy atom. The molecule has 3 nitrogen and oxygen atoms in total. The Balaban J connectivity index is 3.22. The van der Waals surface area contributed by atoms with Crippen molar-refractivity contribution in [3.8, 4) is 5.75 Å². The van der Waals surface area contributed by atoms with Crippen LogP contribution < -0.4 is 4.74 Å². The van der Waals surface area contributed by atoms with E-state index in [2.05, 4.69) is 21.1 Å². The summed E-state index contributed by atoms with van der Waals surface area (Å²) in [5.74, 6) is 0.638. The fourth-order valence-electron chi connectivity index (χ4n) is 0.862. The molecule has 0 fully saturated rings. The van der Waals surface area contributed by atoms with Gasteiger partial charge < -0.3 is 9.94 Å². The van der Waals surface area contributed by atoms with Crippen LogP contribution in [0.1, 0.15) is 5.56 Å². The van der Waals surface area contributed by atoms with Gasteiger partial charge in [-0.15, -0.1) is 0 Å². The van der Waals surface area contributed by atoms with Crippen molar-refractivity contribution in [3.63, 3.8) is 0 Å². The molecular formula is C8H7BrClNO2. The quantitative estimate of drug-likeness (QED) is 0.507. The highest BCUT2D eigenvalue weighted by atomic mass is 79.9. The van der Waals surface area contributed by atoms with Crippen LogP contribution in [0.3, 0.4) is 0 Å². The van der Waals surface area contributed by atoms with E-state index in [4.69, 9.17) is 21.5 Å². The molecule has 1 aromatic carbocycles. The third-order valence-corrected chi connectivity index (χ3v) is 2.41. The number of oxime groups is 1. The highest BCUT2D eigenvalue weighted by Crippen LogP contribution is 2.30. The lowest BCUT2D eigenvalue weighted by Crippen LogP contribution is -1.89. The van der Waals surface area contributed by atoms with Crippen LogP contribution in [0.25, 0.3) is 0 Å². The van der Waals surface area contributed by atoms with E-state index in [1.54, 1.807) is 19.2 Å². The maximum Gasteiger partial charge on any atom is 0.133 e. The summed E-state index contributed by atoms with van der Waals surface area (Å²) in [6.45, 7) is 0. The van der Waals surface area contributed by atoms with Gasteiger partial charge in [0.15, 0.2) is 0 Å². The van der Waals surface area contributed by atoms with Crippen LogP contribution >= 0.6 is 27.5 Å². The molecular weight excluding hydrogens is 257 g/mol. The minimum Gasteiger partial charge on any atom is -0.496 e. The zero-order chi connectivity index (χ0) is 9.84. The average molecular weight is 265 g/mol. The van der Waals surface area contributed by atoms with Crippen molar-refractivity contribution >= 4 is 33.7 Å². The number of rotatable bonds is 2. The molecule has 0 aromatic heterocycles. The van der Waals surface area contributed by atoms with Gasteiger partial charge in [0.05, 0.1) is 22.8 Å². The number of hydrogen-bond donors (Lipinski definition) is 1. The number of ether oxygens (including phenoxy) is 1. The van der Waals surface area contributed by atoms with Gasteiger partial charge in [-0.3, -0.25) is 0 Å². The molecule has 13 heavy (non-hydrogen) atoms. The molecule has 0 atom stereocenters. The second-order valence-corrected chi connectivity index (χ2v) is 3.51. The highest BCUT2D eigenvalue weighted by molar-refractivity contribution is 9.10. The van der Waals surface area contributed by atoms with Crippen LogP contribution in [0.15, 0.2) is 21.8 Å². The van der Waals surface area contributed by atoms with Gasteiger partial charge in [0.25, 0.3) is 0 Å². The first-order valence-corrected chi connectivity index (χ1v) is 4.56. The lowest BCUT2D eigenvalue weighted by molar-refractivity contribution is 0.322. The summed E-state index contributed by atoms with van der Waals surface area (Å²) < 4.78 is 5.80. The van der Waals surface area contributed by atoms with Crippen molar-refractivity contribution in [2.45, 2.75) is 0 Å². The van der Waals surface area contributed by atoms with E-state index >= 15 is 0 Å². The van der Waals surface area contributed by atoms with Crippen LogP contribution in [0.2, 0.25) is 5.02 Å². The summed E-state index contributed by atoms with van der Waals surface area (Å²) in [5.41, 5.74) is 0.601. The standard InChI is InChI=1S/C8H7BrClNO2/c1-13-8-2-5(4-11-12)7(10)3-6(8)9/h2-4,12H,1H3/b11-4+. The predicted octanol–water partition coefficient (Wildman–Crippen LogP) is 2.92. The Kier molecular flexibility index (Phi) is 3.57. The van der Waals surface area contributed by atoms with Crippen LogP contribution in [-0.2, 0) is 0 Å². The molecule has 0 aliphatic carbocycles. The smallest absolute Gasteiger partial charge is 0.133 e. The predicted molar refractivity (Wildman–Crippen MR) is 55.1 cm³/mol. The zero-order valence-electron chi connectivity index (χ0n) is 6.79. The minimum atomic E-state index is 0.491. The average Bonchev–Trinajstić information content (AvgIpc) is 2.10. The molecule has 1 aromatic rings. The third kappa shape index (κ3) is 2.35. The second kappa shape index (κ2) is 4.48. The van der Waals surface area contributed by atoms with Crippen LogP contribution in [0.4, 0.5) is 0 Å². The summed E-state index contributed by atoms with van der Waals surface area (Å²) >= 11 is 9.13. The van der Waals surface area contributed by atoms with E-state index in [1.807, 2.05) is 0 Å². The zero-order valence-corrected chi connectivity index (χ0v) is 9.13. The number of hydrogen-bond acceptors (Lipinski definition) is 3. The van der Waals surface area contributed by atoms with E-state index in [1.165, 1.54) is 6.21 Å². The van der Waals surface area contributed by atoms with Crippen LogP contribution in [-0.4, -0.2) is 18.5 Å². The minimum absolute atomic E-state index is 0.491. The van der Waals surface area contributed by atoms with Crippen molar-refractivity contribution in [2.24, 2.45) is 5.16 Å². The molecule has 0 aliphatic rings. The Morgan fingerprint density at radius 2 is 2.31 bits per heavy atom. The van der Waals surface area contributed by atoms with Gasteiger partial charge in [-0.1, -0.05) is 16.8 Å². The van der Waals surface area contributed by atoms with E-state index in [0.29, 0.717) is 16.3 Å². The Labute approximate surface area is 89.1 Å². The van der Waals surface area contributed by atoms with E-state index < -0.39 is 0 Å². The molecule has 0 spiro atoms. The van der Waals surface area contributed by atoms with Gasteiger partial charge in [-0.25, -0.2) is 0 Å². The molecule has 0 aliphatic heterocycles. The first kappa shape index (κ1) is 10.3. The van der Waals surface area contributed by atoms with Crippen molar-refractivity contribution in [3.05, 3.63) is 27.2 Å². The van der Waals surface area contributed by atoms with Crippen molar-refractivity contribution in [1.29, 1.82) is 0 Å². The van der Waals surface area contributed by atoms with Crippen molar-refractivity contribution in [1.82, 2.24) is 0 Å². The van der Waals surface area contributed by atoms with Gasteiger partial charge in [0, 0.05) is 5.56 Å². The van der Waals surface area contributed by atoms with Crippen molar-refractivity contribution < 1.29 is 9.94 Å². The first-order chi connectivity index (χ1) is 6.19. The molecule has 0 amide bonds. The number of benzene rings is 1. The molecule has 5 heteroatoms. The monoisotopic (exact) mass is 263 g/mol. The van der Waals surface area contributed by atoms with Crippen LogP contribution in [0.5, 0.6) is 5.75 Å². The molecule has 70 valence electrons. The number of halogens is 2. The molecule has 0 radical (unpaired) electrons. The number of methoxy groups -OCH3 is 1. The lowest BCUT2D eigenvalue weighted by atomic mass is 10.2. The molecule has 0 saturated heterocycles. The fraction of sp³-hybridized carbons (Fsp3) is 0.125. The topological polar surface area (TPSA) is 41.8 Å². The van der Waals surface area contributed by atoms with Crippen LogP contribution in [0, 0.1) is 0 Å². The Morgan fingerprint density at radius 1 is 1.62 bits per heavy atom. The van der Waals surface area contributed by atoms with E-state index in [9.17, 15) is 0 Å². The maximum atomic E-state index is 8.34. The summed E-state index contributed by atoms with van der Waals surface area (Å²) in [5, 5.41) is 11.7. The summed E-state index contributed by atoms with van der Waals surface area (Å²) in [7, 11) is 1.55. The number of nitrogens with zero attached hydrogens (tertiary/aromatic N) is 1. The molecule has 0 heterocycles. The summed E-state index contributed by atoms with van der Waals surface area (Å²) in [6, 6.07) is 3.35. The molecule has 0 saturated carbocycles. The van der Waals surface area contributed by atoms with Gasteiger partial charge in [-0.2, -0.15) is 0 Å². The fourth-order valence-corrected chi connectivity index (χ4v) is 1.71. The van der Waals surface area contributed by atoms with E-state index in [-0.39, 0.29) is 0 Å². The largest absolute Gasteiger partial charge is 0.496 e. The third-order valence-electron chi connectivity index (χ3n) is 1.47. The Bertz CT molecular complexity index is 341. The van der Waals surface area contributed by atoms with Gasteiger partial charge in [0.2, 0.25) is 0 Å². The van der Waals surface area contributed by atoms with E-state index in [0.717, 1.165) is 4.47 Å². The molecule has 1 N–H and O–H groups in total. The van der Waals surface area contributed by atoms with Gasteiger partial charge in [-0.05, 0) is 28.1 Å². The summed E-state index contributed by atoms with van der Waals surface area (Å²) in [6.07, 6.45) is 1.25. The normalized spacial score (nSPS) is 10.7. The summed E-state index contributed by atoms with van der Waals surface area (Å²) in [4.78, 5) is 0. The second-order valence-electron chi connectivity index (χ2n) is 2.25. The SMILES string of the molecule is COc1cc(/C=N/O)c(Cl)cc1Br. The molecule has 1 rings (SSSR count). The van der Waals surface area contributed by atoms with Crippen molar-refractivity contribution in [2.75, 3.05) is 7.11 Å².